The van der Waals surface area contributed by atoms with Crippen LogP contribution in [0, 0.1) is 0 Å². The summed E-state index contributed by atoms with van der Waals surface area (Å²) in [6.45, 7) is 0. The molecule has 0 spiro atoms. The van der Waals surface area contributed by atoms with E-state index in [0.29, 0.717) is 4.48 Å². The van der Waals surface area contributed by atoms with Gasteiger partial charge in [-0.2, -0.15) is 0 Å². The van der Waals surface area contributed by atoms with E-state index < -0.39 is 0 Å². The van der Waals surface area contributed by atoms with Crippen LogP contribution in [0.5, 0.6) is 0 Å². The molecule has 3 heteroatoms. The highest BCUT2D eigenvalue weighted by Gasteiger charge is 2.20. The highest BCUT2D eigenvalue weighted by Crippen LogP contribution is 2.34. The third-order valence-electron chi connectivity index (χ3n) is 1.18. The Morgan fingerprint density at radius 3 is 2.56 bits per heavy atom. The van der Waals surface area contributed by atoms with E-state index in [-0.39, 0.29) is 5.97 Å². The molecule has 0 aromatic rings. The predicted molar refractivity (Wildman–Crippen MR) is 37.2 cm³/mol. The summed E-state index contributed by atoms with van der Waals surface area (Å²) < 4.78 is 5.09. The molecule has 0 aliphatic heterocycles. The van der Waals surface area contributed by atoms with Gasteiger partial charge in [-0.3, -0.25) is 0 Å². The van der Waals surface area contributed by atoms with Gasteiger partial charge in [-0.05, 0) is 34.3 Å². The number of rotatable bonds is 1. The van der Waals surface area contributed by atoms with Crippen molar-refractivity contribution < 1.29 is 9.53 Å². The zero-order valence-electron chi connectivity index (χ0n) is 5.11. The van der Waals surface area contributed by atoms with Gasteiger partial charge in [-0.1, -0.05) is 0 Å². The van der Waals surface area contributed by atoms with Crippen molar-refractivity contribution in [3.8, 4) is 0 Å². The monoisotopic (exact) mass is 190 g/mol. The van der Waals surface area contributed by atoms with Gasteiger partial charge in [0.15, 0.2) is 0 Å². The second kappa shape index (κ2) is 2.52. The normalized spacial score (nSPS) is 15.1. The maximum atomic E-state index is 10.7. The zero-order chi connectivity index (χ0) is 6.85. The number of methoxy groups -OCH3 is 1. The van der Waals surface area contributed by atoms with E-state index in [1.165, 1.54) is 12.7 Å². The van der Waals surface area contributed by atoms with E-state index in [4.69, 9.17) is 0 Å². The highest BCUT2D eigenvalue weighted by molar-refractivity contribution is 9.12. The van der Waals surface area contributed by atoms with E-state index in [1.54, 1.807) is 0 Å². The topological polar surface area (TPSA) is 26.3 Å². The van der Waals surface area contributed by atoms with Crippen LogP contribution in [-0.2, 0) is 9.53 Å². The molecule has 1 saturated carbocycles. The lowest BCUT2D eigenvalue weighted by Crippen LogP contribution is -1.98. The van der Waals surface area contributed by atoms with Crippen molar-refractivity contribution in [2.45, 2.75) is 12.8 Å². The van der Waals surface area contributed by atoms with Crippen LogP contribution in [0.4, 0.5) is 0 Å². The van der Waals surface area contributed by atoms with Gasteiger partial charge < -0.3 is 4.74 Å². The Hall–Kier alpha value is -0.310. The summed E-state index contributed by atoms with van der Waals surface area (Å²) in [5.41, 5.74) is 1.17. The molecule has 1 rings (SSSR count). The Kier molecular flexibility index (Phi) is 1.90. The number of carbonyl (C=O) groups is 1. The molecule has 1 fully saturated rings. The molecule has 0 aromatic carbocycles. The molecule has 0 heterocycles. The van der Waals surface area contributed by atoms with Crippen molar-refractivity contribution in [1.29, 1.82) is 0 Å². The molecular weight excluding hydrogens is 184 g/mol. The lowest BCUT2D eigenvalue weighted by atomic mass is 10.5. The second-order valence-electron chi connectivity index (χ2n) is 1.91. The van der Waals surface area contributed by atoms with Gasteiger partial charge in [0.25, 0.3) is 0 Å². The maximum Gasteiger partial charge on any atom is 0.344 e. The molecule has 1 aliphatic carbocycles. The van der Waals surface area contributed by atoms with Crippen LogP contribution in [0.1, 0.15) is 12.8 Å². The van der Waals surface area contributed by atoms with E-state index in [0.717, 1.165) is 12.8 Å². The largest absolute Gasteiger partial charge is 0.465 e. The number of hydrogen-bond donors (Lipinski definition) is 0. The first-order chi connectivity index (χ1) is 4.25. The molecule has 0 atom stereocenters. The molecule has 0 amide bonds. The third-order valence-corrected chi connectivity index (χ3v) is 2.06. The van der Waals surface area contributed by atoms with Crippen LogP contribution in [-0.4, -0.2) is 13.1 Å². The van der Waals surface area contributed by atoms with Crippen molar-refractivity contribution in [2.24, 2.45) is 0 Å². The van der Waals surface area contributed by atoms with E-state index >= 15 is 0 Å². The van der Waals surface area contributed by atoms with Gasteiger partial charge in [-0.25, -0.2) is 4.79 Å². The number of allylic oxidation sites excluding steroid dienone is 1. The SMILES string of the molecule is COC(=O)C(Br)=C1CC1. The Morgan fingerprint density at radius 1 is 1.67 bits per heavy atom. The summed E-state index contributed by atoms with van der Waals surface area (Å²) in [7, 11) is 1.38. The Morgan fingerprint density at radius 2 is 2.22 bits per heavy atom. The van der Waals surface area contributed by atoms with Gasteiger partial charge in [0.2, 0.25) is 0 Å². The van der Waals surface area contributed by atoms with Crippen LogP contribution in [0.25, 0.3) is 0 Å². The fourth-order valence-electron chi connectivity index (χ4n) is 0.516. The van der Waals surface area contributed by atoms with Crippen LogP contribution in [0.2, 0.25) is 0 Å². The fourth-order valence-corrected chi connectivity index (χ4v) is 1.07. The first-order valence-electron chi connectivity index (χ1n) is 2.71. The third kappa shape index (κ3) is 1.55. The molecule has 9 heavy (non-hydrogen) atoms. The molecule has 0 N–H and O–H groups in total. The first kappa shape index (κ1) is 6.81. The minimum Gasteiger partial charge on any atom is -0.465 e. The first-order valence-corrected chi connectivity index (χ1v) is 3.51. The summed E-state index contributed by atoms with van der Waals surface area (Å²) in [4.78, 5) is 10.7. The van der Waals surface area contributed by atoms with E-state index in [9.17, 15) is 4.79 Å². The smallest absolute Gasteiger partial charge is 0.344 e. The summed E-state index contributed by atoms with van der Waals surface area (Å²) in [5, 5.41) is 0. The minimum absolute atomic E-state index is 0.262. The van der Waals surface area contributed by atoms with Crippen LogP contribution >= 0.6 is 15.9 Å². The average molecular weight is 191 g/mol. The van der Waals surface area contributed by atoms with Crippen molar-refractivity contribution in [3.05, 3.63) is 10.1 Å². The number of carbonyl (C=O) groups excluding carboxylic acids is 1. The molecule has 0 radical (unpaired) electrons. The number of esters is 1. The minimum atomic E-state index is -0.262. The Balaban J connectivity index is 2.61. The molecular formula is C6H7BrO2. The molecule has 0 unspecified atom stereocenters. The van der Waals surface area contributed by atoms with Gasteiger partial charge in [0, 0.05) is 0 Å². The predicted octanol–water partition coefficient (Wildman–Crippen LogP) is 1.60. The van der Waals surface area contributed by atoms with Crippen molar-refractivity contribution in [2.75, 3.05) is 7.11 Å². The van der Waals surface area contributed by atoms with Crippen molar-refractivity contribution >= 4 is 21.9 Å². The lowest BCUT2D eigenvalue weighted by molar-refractivity contribution is -0.135. The molecule has 2 nitrogen and oxygen atoms in total. The van der Waals surface area contributed by atoms with Crippen LogP contribution < -0.4 is 0 Å². The van der Waals surface area contributed by atoms with Crippen LogP contribution in [0.3, 0.4) is 0 Å². The number of hydrogen-bond acceptors (Lipinski definition) is 2. The molecule has 0 aromatic heterocycles. The molecule has 0 bridgehead atoms. The van der Waals surface area contributed by atoms with Crippen LogP contribution in [0.15, 0.2) is 10.1 Å². The molecule has 0 saturated heterocycles. The summed E-state index contributed by atoms with van der Waals surface area (Å²) in [6.07, 6.45) is 2.07. The van der Waals surface area contributed by atoms with Gasteiger partial charge in [-0.15, -0.1) is 0 Å². The highest BCUT2D eigenvalue weighted by atomic mass is 79.9. The summed E-state index contributed by atoms with van der Waals surface area (Å²) in [6, 6.07) is 0. The van der Waals surface area contributed by atoms with Gasteiger partial charge in [0.05, 0.1) is 7.11 Å². The standard InChI is InChI=1S/C6H7BrO2/c1-9-6(8)5(7)4-2-3-4/h2-3H2,1H3. The number of halogens is 1. The quantitative estimate of drug-likeness (QED) is 0.464. The van der Waals surface area contributed by atoms with Crippen molar-refractivity contribution in [1.82, 2.24) is 0 Å². The fraction of sp³-hybridized carbons (Fsp3) is 0.500. The number of ether oxygens (including phenoxy) is 1. The van der Waals surface area contributed by atoms with Crippen molar-refractivity contribution in [3.63, 3.8) is 0 Å². The molecule has 50 valence electrons. The zero-order valence-corrected chi connectivity index (χ0v) is 6.69. The van der Waals surface area contributed by atoms with Gasteiger partial charge >= 0.3 is 5.97 Å². The van der Waals surface area contributed by atoms with E-state index in [2.05, 4.69) is 20.7 Å². The van der Waals surface area contributed by atoms with E-state index in [1.807, 2.05) is 0 Å². The Bertz CT molecular complexity index is 166. The summed E-state index contributed by atoms with van der Waals surface area (Å²) >= 11 is 3.14. The molecule has 1 aliphatic rings. The lowest BCUT2D eigenvalue weighted by Gasteiger charge is -1.92. The van der Waals surface area contributed by atoms with Gasteiger partial charge in [0.1, 0.15) is 4.48 Å². The second-order valence-corrected chi connectivity index (χ2v) is 2.70. The summed E-state index contributed by atoms with van der Waals surface area (Å²) in [5.74, 6) is -0.262. The average Bonchev–Trinajstić information content (AvgIpc) is 2.66. The Labute approximate surface area is 62.0 Å². The maximum absolute atomic E-state index is 10.7.